The number of hydrogen-bond donors (Lipinski definition) is 0. The van der Waals surface area contributed by atoms with Gasteiger partial charge < -0.3 is 4.74 Å². The van der Waals surface area contributed by atoms with Gasteiger partial charge in [0, 0.05) is 22.2 Å². The van der Waals surface area contributed by atoms with Crippen LogP contribution in [0, 0.1) is 5.92 Å². The highest BCUT2D eigenvalue weighted by Gasteiger charge is 2.47. The highest BCUT2D eigenvalue weighted by atomic mass is 32.2. The number of carbonyl (C=O) groups excluding carboxylic acids is 1. The van der Waals surface area contributed by atoms with Crippen molar-refractivity contribution in [2.75, 3.05) is 14.2 Å². The molecule has 0 saturated carbocycles. The van der Waals surface area contributed by atoms with Crippen LogP contribution < -0.4 is 0 Å². The van der Waals surface area contributed by atoms with Gasteiger partial charge >= 0.3 is 5.97 Å². The number of piperidine rings is 1. The molecular formula is C16H19NO2S. The van der Waals surface area contributed by atoms with Gasteiger partial charge in [-0.25, -0.2) is 0 Å². The number of rotatable bonds is 3. The van der Waals surface area contributed by atoms with Gasteiger partial charge in [0.2, 0.25) is 0 Å². The van der Waals surface area contributed by atoms with Crippen molar-refractivity contribution in [3.05, 3.63) is 42.5 Å². The number of esters is 1. The highest BCUT2D eigenvalue weighted by molar-refractivity contribution is 8.00. The summed E-state index contributed by atoms with van der Waals surface area (Å²) < 4.78 is 5.04. The Kier molecular flexibility index (Phi) is 3.85. The van der Waals surface area contributed by atoms with Gasteiger partial charge in [-0.1, -0.05) is 30.4 Å². The molecule has 3 unspecified atom stereocenters. The fourth-order valence-electron chi connectivity index (χ4n) is 3.18. The van der Waals surface area contributed by atoms with Gasteiger partial charge in [-0.2, -0.15) is 0 Å². The minimum atomic E-state index is -0.0970. The smallest absolute Gasteiger partial charge is 0.311 e. The molecule has 106 valence electrons. The molecule has 3 rings (SSSR count). The molecule has 2 aliphatic heterocycles. The van der Waals surface area contributed by atoms with Gasteiger partial charge in [-0.05, 0) is 25.6 Å². The van der Waals surface area contributed by atoms with Crippen LogP contribution in [0.5, 0.6) is 0 Å². The number of thioether (sulfide) groups is 1. The lowest BCUT2D eigenvalue weighted by molar-refractivity contribution is -0.148. The van der Waals surface area contributed by atoms with Crippen molar-refractivity contribution in [1.82, 2.24) is 4.90 Å². The van der Waals surface area contributed by atoms with Crippen LogP contribution in [0.4, 0.5) is 0 Å². The van der Waals surface area contributed by atoms with Crippen molar-refractivity contribution in [2.24, 2.45) is 5.92 Å². The van der Waals surface area contributed by atoms with Crippen molar-refractivity contribution in [1.29, 1.82) is 0 Å². The van der Waals surface area contributed by atoms with E-state index in [1.165, 1.54) is 12.0 Å². The van der Waals surface area contributed by atoms with Crippen LogP contribution in [0.2, 0.25) is 0 Å². The van der Waals surface area contributed by atoms with Gasteiger partial charge in [0.1, 0.15) is 0 Å². The Morgan fingerprint density at radius 1 is 1.30 bits per heavy atom. The maximum atomic E-state index is 12.2. The second-order valence-electron chi connectivity index (χ2n) is 5.36. The van der Waals surface area contributed by atoms with E-state index in [0.717, 1.165) is 6.42 Å². The normalized spacial score (nSPS) is 32.3. The molecule has 1 saturated heterocycles. The van der Waals surface area contributed by atoms with Crippen LogP contribution in [0.15, 0.2) is 47.4 Å². The third-order valence-electron chi connectivity index (χ3n) is 4.27. The van der Waals surface area contributed by atoms with E-state index in [-0.39, 0.29) is 23.2 Å². The average Bonchev–Trinajstić information content (AvgIpc) is 2.72. The van der Waals surface area contributed by atoms with E-state index in [2.05, 4.69) is 36.2 Å². The predicted octanol–water partition coefficient (Wildman–Crippen LogP) is 2.58. The molecule has 2 aliphatic rings. The average molecular weight is 289 g/mol. The molecule has 0 spiro atoms. The molecule has 4 heteroatoms. The summed E-state index contributed by atoms with van der Waals surface area (Å²) in [6.45, 7) is 0. The maximum absolute atomic E-state index is 12.2. The molecule has 2 bridgehead atoms. The molecule has 2 heterocycles. The zero-order chi connectivity index (χ0) is 14.1. The number of ether oxygens (including phenoxy) is 1. The summed E-state index contributed by atoms with van der Waals surface area (Å²) >= 11 is 1.80. The number of carbonyl (C=O) groups is 1. The molecule has 0 radical (unpaired) electrons. The van der Waals surface area contributed by atoms with Crippen LogP contribution in [0.3, 0.4) is 0 Å². The van der Waals surface area contributed by atoms with Crippen molar-refractivity contribution in [3.63, 3.8) is 0 Å². The number of methoxy groups -OCH3 is 1. The van der Waals surface area contributed by atoms with E-state index < -0.39 is 0 Å². The summed E-state index contributed by atoms with van der Waals surface area (Å²) in [4.78, 5) is 15.7. The maximum Gasteiger partial charge on any atom is 0.311 e. The zero-order valence-electron chi connectivity index (χ0n) is 11.7. The Labute approximate surface area is 124 Å². The standard InChI is InChI=1S/C16H19NO2S/c1-17-11-8-9-13(17)15(16(18)19-2)14(10-11)20-12-6-4-3-5-7-12/h3-9,11,13-15H,10H2,1-2H3/t11?,13?,14-,15?/m0/s1. The van der Waals surface area contributed by atoms with Gasteiger partial charge in [0.25, 0.3) is 0 Å². The van der Waals surface area contributed by atoms with E-state index in [1.807, 2.05) is 18.2 Å². The van der Waals surface area contributed by atoms with Crippen LogP contribution >= 0.6 is 11.8 Å². The quantitative estimate of drug-likeness (QED) is 0.632. The van der Waals surface area contributed by atoms with Crippen molar-refractivity contribution >= 4 is 17.7 Å². The Hall–Kier alpha value is -1.26. The first-order valence-corrected chi connectivity index (χ1v) is 7.78. The Bertz CT molecular complexity index is 516. The van der Waals surface area contributed by atoms with E-state index >= 15 is 0 Å². The summed E-state index contributed by atoms with van der Waals surface area (Å²) in [6.07, 6.45) is 5.38. The zero-order valence-corrected chi connectivity index (χ0v) is 12.5. The van der Waals surface area contributed by atoms with Gasteiger partial charge in [-0.15, -0.1) is 11.8 Å². The first-order valence-electron chi connectivity index (χ1n) is 6.90. The number of benzene rings is 1. The van der Waals surface area contributed by atoms with Crippen molar-refractivity contribution in [3.8, 4) is 0 Å². The number of nitrogens with zero attached hydrogens (tertiary/aromatic N) is 1. The molecule has 1 aromatic rings. The first-order chi connectivity index (χ1) is 9.70. The second kappa shape index (κ2) is 5.62. The lowest BCUT2D eigenvalue weighted by Gasteiger charge is -2.41. The Balaban J connectivity index is 1.84. The Morgan fingerprint density at radius 2 is 2.05 bits per heavy atom. The predicted molar refractivity (Wildman–Crippen MR) is 80.7 cm³/mol. The molecule has 0 N–H and O–H groups in total. The van der Waals surface area contributed by atoms with E-state index in [1.54, 1.807) is 11.8 Å². The molecular weight excluding hydrogens is 270 g/mol. The monoisotopic (exact) mass is 289 g/mol. The van der Waals surface area contributed by atoms with Gasteiger partial charge in [0.15, 0.2) is 0 Å². The molecule has 0 aromatic heterocycles. The topological polar surface area (TPSA) is 29.5 Å². The molecule has 3 nitrogen and oxygen atoms in total. The molecule has 0 amide bonds. The van der Waals surface area contributed by atoms with Crippen molar-refractivity contribution < 1.29 is 9.53 Å². The summed E-state index contributed by atoms with van der Waals surface area (Å²) in [7, 11) is 3.58. The van der Waals surface area contributed by atoms with Crippen LogP contribution in [0.25, 0.3) is 0 Å². The summed E-state index contributed by atoms with van der Waals surface area (Å²) in [5.41, 5.74) is 0. The fourth-order valence-corrected chi connectivity index (χ4v) is 4.56. The van der Waals surface area contributed by atoms with Crippen LogP contribution in [0.1, 0.15) is 6.42 Å². The molecule has 1 fully saturated rings. The molecule has 0 aliphatic carbocycles. The largest absolute Gasteiger partial charge is 0.469 e. The van der Waals surface area contributed by atoms with Crippen molar-refractivity contribution in [2.45, 2.75) is 28.6 Å². The molecule has 20 heavy (non-hydrogen) atoms. The van der Waals surface area contributed by atoms with E-state index in [0.29, 0.717) is 6.04 Å². The summed E-state index contributed by atoms with van der Waals surface area (Å²) in [6, 6.07) is 10.9. The van der Waals surface area contributed by atoms with Gasteiger partial charge in [0.05, 0.1) is 13.0 Å². The van der Waals surface area contributed by atoms with Crippen LogP contribution in [-0.4, -0.2) is 42.4 Å². The lowest BCUT2D eigenvalue weighted by Crippen LogP contribution is -2.51. The highest BCUT2D eigenvalue weighted by Crippen LogP contribution is 2.42. The number of hydrogen-bond acceptors (Lipinski definition) is 4. The third kappa shape index (κ3) is 2.38. The molecule has 4 atom stereocenters. The van der Waals surface area contributed by atoms with Gasteiger partial charge in [-0.3, -0.25) is 9.69 Å². The summed E-state index contributed by atoms with van der Waals surface area (Å²) in [5, 5.41) is 0.269. The third-order valence-corrected chi connectivity index (χ3v) is 5.60. The fraction of sp³-hybridized carbons (Fsp3) is 0.438. The van der Waals surface area contributed by atoms with E-state index in [4.69, 9.17) is 4.74 Å². The minimum absolute atomic E-state index is 0.0924. The SMILES string of the molecule is COC(=O)C1C2C=CC(C[C@@H]1Sc1ccccc1)N2C. The van der Waals surface area contributed by atoms with E-state index in [9.17, 15) is 4.79 Å². The first kappa shape index (κ1) is 13.7. The second-order valence-corrected chi connectivity index (χ2v) is 6.67. The Morgan fingerprint density at radius 3 is 2.75 bits per heavy atom. The molecule has 1 aromatic carbocycles. The minimum Gasteiger partial charge on any atom is -0.469 e. The number of fused-ring (bicyclic) bond motifs is 2. The number of likely N-dealkylation sites (N-methyl/N-ethyl adjacent to an activating group) is 1. The lowest BCUT2D eigenvalue weighted by atomic mass is 9.89. The summed E-state index contributed by atoms with van der Waals surface area (Å²) in [5.74, 6) is -0.189. The van der Waals surface area contributed by atoms with Crippen LogP contribution in [-0.2, 0) is 9.53 Å².